The van der Waals surface area contributed by atoms with Crippen LogP contribution in [0.15, 0.2) is 0 Å². The van der Waals surface area contributed by atoms with Crippen LogP contribution < -0.4 is 0 Å². The van der Waals surface area contributed by atoms with Crippen LogP contribution in [0.5, 0.6) is 0 Å². The van der Waals surface area contributed by atoms with Gasteiger partial charge in [-0.2, -0.15) is 0 Å². The van der Waals surface area contributed by atoms with Gasteiger partial charge in [0.2, 0.25) is 0 Å². The summed E-state index contributed by atoms with van der Waals surface area (Å²) in [6.07, 6.45) is 4.43. The summed E-state index contributed by atoms with van der Waals surface area (Å²) in [5.41, 5.74) is 0. The standard InChI is InChI=1S/C13H28N2/c1-14(2,3)8-5-9-15(4)10-12-6-7-13(12)11-15/h12-13H,5-11H2,1-4H3/q+2/t12-,13+,15?. The van der Waals surface area contributed by atoms with E-state index in [9.17, 15) is 0 Å². The van der Waals surface area contributed by atoms with E-state index in [1.807, 2.05) is 0 Å². The monoisotopic (exact) mass is 212 g/mol. The van der Waals surface area contributed by atoms with Crippen molar-refractivity contribution in [3.05, 3.63) is 0 Å². The Balaban J connectivity index is 1.74. The fourth-order valence-electron chi connectivity index (χ4n) is 3.43. The fourth-order valence-corrected chi connectivity index (χ4v) is 3.43. The maximum absolute atomic E-state index is 2.48. The van der Waals surface area contributed by atoms with Gasteiger partial charge in [-0.3, -0.25) is 0 Å². The normalized spacial score (nSPS) is 40.0. The minimum absolute atomic E-state index is 1.10. The van der Waals surface area contributed by atoms with Gasteiger partial charge in [-0.05, 0) is 12.8 Å². The van der Waals surface area contributed by atoms with Gasteiger partial charge in [0.25, 0.3) is 0 Å². The SMILES string of the molecule is C[N+](C)(C)CCC[N+]1(C)C[C@H]2CC[C@H]2C1. The van der Waals surface area contributed by atoms with E-state index < -0.39 is 0 Å². The fraction of sp³-hybridized carbons (Fsp3) is 1.00. The van der Waals surface area contributed by atoms with Gasteiger partial charge in [-0.15, -0.1) is 0 Å². The molecule has 0 bridgehead atoms. The number of fused-ring (bicyclic) bond motifs is 1. The van der Waals surface area contributed by atoms with E-state index in [4.69, 9.17) is 0 Å². The number of hydrogen-bond donors (Lipinski definition) is 0. The number of hydrogen-bond acceptors (Lipinski definition) is 0. The van der Waals surface area contributed by atoms with Crippen LogP contribution in [-0.2, 0) is 0 Å². The lowest BCUT2D eigenvalue weighted by molar-refractivity contribution is -0.909. The van der Waals surface area contributed by atoms with Gasteiger partial charge in [0.1, 0.15) is 0 Å². The van der Waals surface area contributed by atoms with Crippen molar-refractivity contribution in [2.75, 3.05) is 54.4 Å². The zero-order chi connectivity index (χ0) is 11.1. The summed E-state index contributed by atoms with van der Waals surface area (Å²) in [5.74, 6) is 2.19. The Morgan fingerprint density at radius 2 is 1.60 bits per heavy atom. The van der Waals surface area contributed by atoms with Crippen LogP contribution in [0.4, 0.5) is 0 Å². The third-order valence-corrected chi connectivity index (χ3v) is 4.45. The lowest BCUT2D eigenvalue weighted by Gasteiger charge is -2.31. The Hall–Kier alpha value is -0.0800. The summed E-state index contributed by atoms with van der Waals surface area (Å²) in [7, 11) is 9.38. The van der Waals surface area contributed by atoms with Gasteiger partial charge in [-0.25, -0.2) is 0 Å². The molecule has 1 aliphatic heterocycles. The van der Waals surface area contributed by atoms with E-state index in [1.54, 1.807) is 0 Å². The van der Waals surface area contributed by atoms with Crippen molar-refractivity contribution in [2.24, 2.45) is 11.8 Å². The Morgan fingerprint density at radius 3 is 2.00 bits per heavy atom. The molecule has 1 saturated carbocycles. The Bertz CT molecular complexity index is 217. The minimum atomic E-state index is 1.10. The van der Waals surface area contributed by atoms with E-state index in [0.717, 1.165) is 16.3 Å². The molecule has 0 amide bonds. The first kappa shape index (κ1) is 11.4. The van der Waals surface area contributed by atoms with Crippen LogP contribution in [0.2, 0.25) is 0 Å². The largest absolute Gasteiger partial charge is 0.331 e. The van der Waals surface area contributed by atoms with Crippen LogP contribution in [0.25, 0.3) is 0 Å². The molecule has 1 aliphatic carbocycles. The van der Waals surface area contributed by atoms with Gasteiger partial charge in [0, 0.05) is 18.3 Å². The van der Waals surface area contributed by atoms with Crippen LogP contribution in [-0.4, -0.2) is 63.3 Å². The molecule has 2 aliphatic rings. The zero-order valence-corrected chi connectivity index (χ0v) is 11.0. The van der Waals surface area contributed by atoms with Gasteiger partial charge in [0.15, 0.2) is 0 Å². The molecule has 2 fully saturated rings. The molecule has 0 spiro atoms. The molecule has 2 heteroatoms. The number of nitrogens with zero attached hydrogens (tertiary/aromatic N) is 2. The van der Waals surface area contributed by atoms with E-state index >= 15 is 0 Å². The molecule has 1 saturated heterocycles. The van der Waals surface area contributed by atoms with E-state index in [1.165, 1.54) is 49.9 Å². The Morgan fingerprint density at radius 1 is 1.07 bits per heavy atom. The summed E-state index contributed by atoms with van der Waals surface area (Å²) >= 11 is 0. The van der Waals surface area contributed by atoms with Crippen molar-refractivity contribution < 1.29 is 8.97 Å². The summed E-state index contributed by atoms with van der Waals surface area (Å²) in [4.78, 5) is 0. The number of likely N-dealkylation sites (tertiary alicyclic amines) is 1. The van der Waals surface area contributed by atoms with Gasteiger partial charge in [0.05, 0.1) is 54.4 Å². The molecule has 3 atom stereocenters. The Labute approximate surface area is 95.0 Å². The zero-order valence-electron chi connectivity index (χ0n) is 11.0. The highest BCUT2D eigenvalue weighted by molar-refractivity contribution is 4.85. The van der Waals surface area contributed by atoms with E-state index in [0.29, 0.717) is 0 Å². The molecular weight excluding hydrogens is 184 g/mol. The van der Waals surface area contributed by atoms with Gasteiger partial charge in [-0.1, -0.05) is 0 Å². The quantitative estimate of drug-likeness (QED) is 0.621. The second-order valence-electron chi connectivity index (χ2n) is 7.17. The van der Waals surface area contributed by atoms with Crippen LogP contribution in [0.1, 0.15) is 19.3 Å². The van der Waals surface area contributed by atoms with Crippen LogP contribution in [0, 0.1) is 11.8 Å². The van der Waals surface area contributed by atoms with Crippen molar-refractivity contribution in [1.29, 1.82) is 0 Å². The van der Waals surface area contributed by atoms with Gasteiger partial charge < -0.3 is 8.97 Å². The van der Waals surface area contributed by atoms with Crippen molar-refractivity contribution in [1.82, 2.24) is 0 Å². The maximum Gasteiger partial charge on any atom is 0.0839 e. The maximum atomic E-state index is 2.48. The predicted molar refractivity (Wildman–Crippen MR) is 64.5 cm³/mol. The lowest BCUT2D eigenvalue weighted by atomic mass is 9.77. The van der Waals surface area contributed by atoms with Crippen LogP contribution >= 0.6 is 0 Å². The highest BCUT2D eigenvalue weighted by Gasteiger charge is 2.47. The second-order valence-corrected chi connectivity index (χ2v) is 7.17. The van der Waals surface area contributed by atoms with Gasteiger partial charge >= 0.3 is 0 Å². The first-order valence-electron chi connectivity index (χ1n) is 6.52. The number of quaternary nitrogens is 2. The molecule has 2 rings (SSSR count). The van der Waals surface area contributed by atoms with Crippen molar-refractivity contribution in [2.45, 2.75) is 19.3 Å². The van der Waals surface area contributed by atoms with Crippen molar-refractivity contribution >= 4 is 0 Å². The highest BCUT2D eigenvalue weighted by Crippen LogP contribution is 2.43. The Kier molecular flexibility index (Phi) is 2.85. The average molecular weight is 212 g/mol. The van der Waals surface area contributed by atoms with Crippen molar-refractivity contribution in [3.63, 3.8) is 0 Å². The third-order valence-electron chi connectivity index (χ3n) is 4.45. The first-order valence-corrected chi connectivity index (χ1v) is 6.52. The average Bonchev–Trinajstić information content (AvgIpc) is 2.27. The molecule has 88 valence electrons. The molecule has 0 aromatic heterocycles. The van der Waals surface area contributed by atoms with E-state index in [-0.39, 0.29) is 0 Å². The minimum Gasteiger partial charge on any atom is -0.331 e. The molecule has 15 heavy (non-hydrogen) atoms. The predicted octanol–water partition coefficient (Wildman–Crippen LogP) is 1.57. The molecule has 0 aromatic rings. The second kappa shape index (κ2) is 3.74. The highest BCUT2D eigenvalue weighted by atomic mass is 15.4. The summed E-state index contributed by atoms with van der Waals surface area (Å²) in [6.45, 7) is 5.68. The molecule has 1 unspecified atom stereocenters. The molecule has 0 N–H and O–H groups in total. The van der Waals surface area contributed by atoms with Crippen molar-refractivity contribution in [3.8, 4) is 0 Å². The summed E-state index contributed by atoms with van der Waals surface area (Å²) < 4.78 is 2.49. The van der Waals surface area contributed by atoms with Crippen LogP contribution in [0.3, 0.4) is 0 Å². The van der Waals surface area contributed by atoms with E-state index in [2.05, 4.69) is 28.2 Å². The number of rotatable bonds is 4. The molecule has 1 heterocycles. The third kappa shape index (κ3) is 2.73. The molecular formula is C13H28N2+2. The summed E-state index contributed by atoms with van der Waals surface area (Å²) in [6, 6.07) is 0. The molecule has 2 nitrogen and oxygen atoms in total. The molecule has 0 radical (unpaired) electrons. The topological polar surface area (TPSA) is 0 Å². The first-order chi connectivity index (χ1) is 6.88. The summed E-state index contributed by atoms with van der Waals surface area (Å²) in [5, 5.41) is 0. The molecule has 0 aromatic carbocycles. The lowest BCUT2D eigenvalue weighted by Crippen LogP contribution is -2.45. The smallest absolute Gasteiger partial charge is 0.0839 e.